The first-order valence-corrected chi connectivity index (χ1v) is 6.37. The van der Waals surface area contributed by atoms with Crippen molar-refractivity contribution in [1.82, 2.24) is 0 Å². The lowest BCUT2D eigenvalue weighted by Gasteiger charge is -2.39. The lowest BCUT2D eigenvalue weighted by molar-refractivity contribution is -0.119. The molecule has 3 nitrogen and oxygen atoms in total. The lowest BCUT2D eigenvalue weighted by Crippen LogP contribution is -2.41. The average Bonchev–Trinajstić information content (AvgIpc) is 2.39. The van der Waals surface area contributed by atoms with Crippen LogP contribution in [-0.2, 0) is 10.2 Å². The van der Waals surface area contributed by atoms with Gasteiger partial charge in [-0.15, -0.1) is 0 Å². The zero-order valence-electron chi connectivity index (χ0n) is 11.1. The van der Waals surface area contributed by atoms with Crippen LogP contribution in [0, 0.1) is 12.3 Å². The highest BCUT2D eigenvalue weighted by Crippen LogP contribution is 2.43. The quantitative estimate of drug-likeness (QED) is 0.758. The Morgan fingerprint density at radius 3 is 2.63 bits per heavy atom. The zero-order valence-corrected chi connectivity index (χ0v) is 11.1. The molecule has 1 N–H and O–H groups in total. The van der Waals surface area contributed by atoms with E-state index in [-0.39, 0.29) is 11.3 Å². The Morgan fingerprint density at radius 1 is 1.26 bits per heavy atom. The summed E-state index contributed by atoms with van der Waals surface area (Å²) in [6.07, 6.45) is 7.96. The largest absolute Gasteiger partial charge is 0.315 e. The van der Waals surface area contributed by atoms with Crippen molar-refractivity contribution in [3.8, 4) is 0 Å². The van der Waals surface area contributed by atoms with Gasteiger partial charge in [0.1, 0.15) is 0 Å². The Morgan fingerprint density at radius 2 is 1.95 bits per heavy atom. The topological polar surface area (TPSA) is 44.2 Å². The van der Waals surface area contributed by atoms with E-state index in [2.05, 4.69) is 13.0 Å². The summed E-state index contributed by atoms with van der Waals surface area (Å²) >= 11 is 0. The van der Waals surface area contributed by atoms with E-state index in [1.165, 1.54) is 5.56 Å². The highest BCUT2D eigenvalue weighted by atomic mass is 16.2. The standard InChI is InChI=1S/C16H16N2O/c1-11-3-4-14-13(9-11)16(10-15(19)18(14)2)7-5-12(17)6-8-16/h3-9,17H,10H2,1-2H3. The summed E-state index contributed by atoms with van der Waals surface area (Å²) in [4.78, 5) is 13.9. The minimum absolute atomic E-state index is 0.110. The van der Waals surface area contributed by atoms with Crippen LogP contribution in [-0.4, -0.2) is 18.7 Å². The van der Waals surface area contributed by atoms with Gasteiger partial charge in [0.05, 0.1) is 5.71 Å². The third-order valence-corrected chi connectivity index (χ3v) is 3.95. The Balaban J connectivity index is 2.24. The molecule has 1 heterocycles. The van der Waals surface area contributed by atoms with Gasteiger partial charge in [-0.2, -0.15) is 0 Å². The van der Waals surface area contributed by atoms with E-state index in [9.17, 15) is 4.79 Å². The molecule has 0 radical (unpaired) electrons. The molecule has 0 atom stereocenters. The molecule has 3 rings (SSSR count). The summed E-state index contributed by atoms with van der Waals surface area (Å²) < 4.78 is 0. The molecule has 1 aromatic rings. The maximum atomic E-state index is 12.2. The first-order valence-electron chi connectivity index (χ1n) is 6.37. The number of nitrogens with one attached hydrogen (secondary N) is 1. The maximum absolute atomic E-state index is 12.2. The van der Waals surface area contributed by atoms with Gasteiger partial charge in [0, 0.05) is 24.6 Å². The fourth-order valence-electron chi connectivity index (χ4n) is 2.80. The van der Waals surface area contributed by atoms with Crippen molar-refractivity contribution in [3.63, 3.8) is 0 Å². The number of amides is 1. The van der Waals surface area contributed by atoms with Crippen molar-refractivity contribution < 1.29 is 4.79 Å². The van der Waals surface area contributed by atoms with Crippen molar-refractivity contribution in [3.05, 3.63) is 53.6 Å². The normalized spacial score (nSPS) is 25.1. The van der Waals surface area contributed by atoms with Crippen molar-refractivity contribution in [2.24, 2.45) is 0 Å². The van der Waals surface area contributed by atoms with E-state index >= 15 is 0 Å². The van der Waals surface area contributed by atoms with E-state index < -0.39 is 0 Å². The molecule has 1 amide bonds. The van der Waals surface area contributed by atoms with E-state index in [4.69, 9.17) is 5.41 Å². The monoisotopic (exact) mass is 252 g/mol. The highest BCUT2D eigenvalue weighted by Gasteiger charge is 2.39. The van der Waals surface area contributed by atoms with Crippen LogP contribution in [0.2, 0.25) is 0 Å². The van der Waals surface area contributed by atoms with E-state index in [0.717, 1.165) is 11.3 Å². The third-order valence-electron chi connectivity index (χ3n) is 3.95. The fraction of sp³-hybridized carbons (Fsp3) is 0.250. The second kappa shape index (κ2) is 3.92. The van der Waals surface area contributed by atoms with Crippen LogP contribution >= 0.6 is 0 Å². The van der Waals surface area contributed by atoms with Crippen molar-refractivity contribution in [2.75, 3.05) is 11.9 Å². The predicted molar refractivity (Wildman–Crippen MR) is 76.9 cm³/mol. The lowest BCUT2D eigenvalue weighted by atomic mass is 9.71. The molecule has 0 saturated carbocycles. The van der Waals surface area contributed by atoms with Crippen LogP contribution in [0.1, 0.15) is 17.5 Å². The molecule has 0 aromatic heterocycles. The molecule has 96 valence electrons. The first kappa shape index (κ1) is 11.9. The van der Waals surface area contributed by atoms with Crippen LogP contribution in [0.15, 0.2) is 42.5 Å². The predicted octanol–water partition coefficient (Wildman–Crippen LogP) is 2.75. The van der Waals surface area contributed by atoms with Crippen LogP contribution in [0.5, 0.6) is 0 Å². The molecule has 3 heteroatoms. The van der Waals surface area contributed by atoms with Gasteiger partial charge in [-0.05, 0) is 30.7 Å². The van der Waals surface area contributed by atoms with Gasteiger partial charge < -0.3 is 10.3 Å². The third kappa shape index (κ3) is 1.73. The minimum Gasteiger partial charge on any atom is -0.315 e. The molecule has 1 spiro atoms. The molecule has 0 unspecified atom stereocenters. The van der Waals surface area contributed by atoms with Gasteiger partial charge in [-0.25, -0.2) is 0 Å². The molecule has 1 aliphatic carbocycles. The zero-order chi connectivity index (χ0) is 13.6. The Labute approximate surface area is 112 Å². The van der Waals surface area contributed by atoms with E-state index in [1.807, 2.05) is 31.3 Å². The molecule has 0 saturated heterocycles. The molecule has 2 aliphatic rings. The van der Waals surface area contributed by atoms with E-state index in [1.54, 1.807) is 17.1 Å². The van der Waals surface area contributed by atoms with Gasteiger partial charge in [0.15, 0.2) is 0 Å². The number of rotatable bonds is 0. The number of hydrogen-bond donors (Lipinski definition) is 1. The SMILES string of the molecule is Cc1ccc2c(c1)C1(C=CC(=N)C=C1)CC(=O)N2C. The summed E-state index contributed by atoms with van der Waals surface area (Å²) in [7, 11) is 1.82. The van der Waals surface area contributed by atoms with Gasteiger partial charge >= 0.3 is 0 Å². The Hall–Kier alpha value is -2.16. The molecule has 0 bridgehead atoms. The van der Waals surface area contributed by atoms with Crippen LogP contribution in [0.3, 0.4) is 0 Å². The number of carbonyl (C=O) groups excluding carboxylic acids is 1. The maximum Gasteiger partial charge on any atom is 0.228 e. The first-order chi connectivity index (χ1) is 9.02. The highest BCUT2D eigenvalue weighted by molar-refractivity contribution is 6.05. The summed E-state index contributed by atoms with van der Waals surface area (Å²) in [5.74, 6) is 0.110. The van der Waals surface area contributed by atoms with Crippen molar-refractivity contribution in [2.45, 2.75) is 18.8 Å². The molecule has 0 fully saturated rings. The second-order valence-electron chi connectivity index (χ2n) is 5.31. The number of hydrogen-bond acceptors (Lipinski definition) is 2. The second-order valence-corrected chi connectivity index (χ2v) is 5.31. The molecule has 1 aliphatic heterocycles. The van der Waals surface area contributed by atoms with Gasteiger partial charge in [0.25, 0.3) is 0 Å². The van der Waals surface area contributed by atoms with Gasteiger partial charge in [-0.3, -0.25) is 4.79 Å². The minimum atomic E-state index is -0.379. The van der Waals surface area contributed by atoms with Crippen LogP contribution in [0.4, 0.5) is 5.69 Å². The molecular weight excluding hydrogens is 236 g/mol. The van der Waals surface area contributed by atoms with Gasteiger partial charge in [0.2, 0.25) is 5.91 Å². The summed E-state index contributed by atoms with van der Waals surface area (Å²) in [6, 6.07) is 6.17. The van der Waals surface area contributed by atoms with Crippen molar-refractivity contribution in [1.29, 1.82) is 5.41 Å². The molecular formula is C16H16N2O. The molecule has 19 heavy (non-hydrogen) atoms. The number of fused-ring (bicyclic) bond motifs is 2. The summed E-state index contributed by atoms with van der Waals surface area (Å²) in [6.45, 7) is 2.06. The Kier molecular flexibility index (Phi) is 2.45. The number of nitrogens with zero attached hydrogens (tertiary/aromatic N) is 1. The smallest absolute Gasteiger partial charge is 0.228 e. The van der Waals surface area contributed by atoms with Crippen LogP contribution in [0.25, 0.3) is 0 Å². The van der Waals surface area contributed by atoms with E-state index in [0.29, 0.717) is 12.1 Å². The van der Waals surface area contributed by atoms with Gasteiger partial charge in [-0.1, -0.05) is 29.8 Å². The summed E-state index contributed by atoms with van der Waals surface area (Å²) in [5.41, 5.74) is 3.39. The number of anilines is 1. The summed E-state index contributed by atoms with van der Waals surface area (Å²) in [5, 5.41) is 7.64. The molecule has 1 aromatic carbocycles. The average molecular weight is 252 g/mol. The number of benzene rings is 1. The number of aryl methyl sites for hydroxylation is 1. The Bertz CT molecular complexity index is 624. The van der Waals surface area contributed by atoms with Crippen LogP contribution < -0.4 is 4.90 Å². The fourth-order valence-corrected chi connectivity index (χ4v) is 2.80. The van der Waals surface area contributed by atoms with Crippen molar-refractivity contribution >= 4 is 17.3 Å². The number of carbonyl (C=O) groups is 1. The number of allylic oxidation sites excluding steroid dienone is 4.